The van der Waals surface area contributed by atoms with Crippen LogP contribution in [0.3, 0.4) is 0 Å². The van der Waals surface area contributed by atoms with E-state index in [1.165, 1.54) is 6.08 Å². The van der Waals surface area contributed by atoms with Gasteiger partial charge in [0, 0.05) is 0 Å². The first-order chi connectivity index (χ1) is 17.8. The molecule has 1 aliphatic rings. The van der Waals surface area contributed by atoms with Crippen molar-refractivity contribution >= 4 is 45.5 Å². The van der Waals surface area contributed by atoms with E-state index in [1.54, 1.807) is 24.3 Å². The van der Waals surface area contributed by atoms with E-state index in [2.05, 4.69) is 33.9 Å². The van der Waals surface area contributed by atoms with Crippen LogP contribution in [-0.4, -0.2) is 17.8 Å². The first kappa shape index (κ1) is 26.1. The van der Waals surface area contributed by atoms with Gasteiger partial charge in [0.2, 0.25) is 0 Å². The van der Waals surface area contributed by atoms with Crippen LogP contribution in [0.2, 0.25) is 0 Å². The number of hydrogen-bond acceptors (Lipinski definition) is 4. The number of rotatable bonds is 8. The van der Waals surface area contributed by atoms with Gasteiger partial charge in [0.05, 0.1) is 10.2 Å². The Morgan fingerprint density at radius 3 is 2.46 bits per heavy atom. The lowest BCUT2D eigenvalue weighted by molar-refractivity contribution is -0.122. The highest BCUT2D eigenvalue weighted by Gasteiger charge is 2.36. The van der Waals surface area contributed by atoms with E-state index in [0.717, 1.165) is 33.6 Å². The Hall–Kier alpha value is -3.97. The minimum atomic E-state index is -0.773. The van der Waals surface area contributed by atoms with Gasteiger partial charge >= 0.3 is 6.03 Å². The molecule has 1 heterocycles. The maximum atomic E-state index is 13.3. The summed E-state index contributed by atoms with van der Waals surface area (Å²) in [5.74, 6) is -0.757. The van der Waals surface area contributed by atoms with Crippen molar-refractivity contribution in [3.8, 4) is 5.75 Å². The molecule has 0 aliphatic carbocycles. The largest absolute Gasteiger partial charge is 0.487 e. The Morgan fingerprint density at radius 2 is 1.78 bits per heavy atom. The third kappa shape index (κ3) is 5.89. The summed E-state index contributed by atoms with van der Waals surface area (Å²) in [5, 5.41) is 2.27. The highest BCUT2D eigenvalue weighted by Crippen LogP contribution is 2.33. The van der Waals surface area contributed by atoms with E-state index >= 15 is 0 Å². The number of halogens is 1. The van der Waals surface area contributed by atoms with Crippen LogP contribution in [0.4, 0.5) is 10.5 Å². The normalized spacial score (nSPS) is 14.6. The molecule has 3 aromatic carbocycles. The number of allylic oxidation sites excluding steroid dienone is 1. The Kier molecular flexibility index (Phi) is 8.04. The third-order valence-electron chi connectivity index (χ3n) is 5.99. The molecule has 0 bridgehead atoms. The average Bonchev–Trinajstić information content (AvgIpc) is 2.86. The van der Waals surface area contributed by atoms with Crippen LogP contribution in [0.25, 0.3) is 6.08 Å². The number of ether oxygens (including phenoxy) is 1. The zero-order chi connectivity index (χ0) is 26.5. The number of hydrogen-bond donors (Lipinski definition) is 1. The molecular formula is C30H27BrN2O4. The number of aryl methyl sites for hydroxylation is 2. The van der Waals surface area contributed by atoms with Crippen LogP contribution >= 0.6 is 15.9 Å². The fourth-order valence-corrected chi connectivity index (χ4v) is 4.76. The summed E-state index contributed by atoms with van der Waals surface area (Å²) in [5.41, 5.74) is 4.98. The highest BCUT2D eigenvalue weighted by molar-refractivity contribution is 9.10. The smallest absolute Gasteiger partial charge is 0.335 e. The second-order valence-corrected chi connectivity index (χ2v) is 9.59. The number of anilines is 1. The van der Waals surface area contributed by atoms with E-state index in [1.807, 2.05) is 50.2 Å². The lowest BCUT2D eigenvalue weighted by atomic mass is 10.0. The molecule has 4 rings (SSSR count). The van der Waals surface area contributed by atoms with E-state index in [4.69, 9.17) is 4.74 Å². The zero-order valence-corrected chi connectivity index (χ0v) is 22.3. The van der Waals surface area contributed by atoms with Crippen LogP contribution in [0.5, 0.6) is 5.75 Å². The fraction of sp³-hybridized carbons (Fsp3) is 0.167. The molecule has 1 fully saturated rings. The average molecular weight is 559 g/mol. The van der Waals surface area contributed by atoms with Gasteiger partial charge in [-0.3, -0.25) is 14.9 Å². The summed E-state index contributed by atoms with van der Waals surface area (Å²) in [4.78, 5) is 39.4. The molecule has 37 heavy (non-hydrogen) atoms. The molecular weight excluding hydrogens is 532 g/mol. The number of barbiturate groups is 1. The maximum Gasteiger partial charge on any atom is 0.335 e. The molecule has 0 unspecified atom stereocenters. The van der Waals surface area contributed by atoms with E-state index in [0.29, 0.717) is 34.5 Å². The number of nitrogens with zero attached hydrogens (tertiary/aromatic N) is 1. The van der Waals surface area contributed by atoms with Gasteiger partial charge in [-0.25, -0.2) is 9.69 Å². The Labute approximate surface area is 224 Å². The molecule has 0 radical (unpaired) electrons. The van der Waals surface area contributed by atoms with Crippen molar-refractivity contribution in [3.63, 3.8) is 0 Å². The van der Waals surface area contributed by atoms with Crippen molar-refractivity contribution in [2.75, 3.05) is 4.90 Å². The summed E-state index contributed by atoms with van der Waals surface area (Å²) in [6.45, 7) is 8.28. The molecule has 6 nitrogen and oxygen atoms in total. The summed E-state index contributed by atoms with van der Waals surface area (Å²) in [7, 11) is 0. The Balaban J connectivity index is 1.65. The lowest BCUT2D eigenvalue weighted by Crippen LogP contribution is -2.54. The monoisotopic (exact) mass is 558 g/mol. The first-order valence-corrected chi connectivity index (χ1v) is 12.7. The summed E-state index contributed by atoms with van der Waals surface area (Å²) >= 11 is 3.58. The molecule has 0 atom stereocenters. The molecule has 3 aromatic rings. The molecule has 0 aromatic heterocycles. The minimum absolute atomic E-state index is 0.135. The second-order valence-electron chi connectivity index (χ2n) is 8.74. The van der Waals surface area contributed by atoms with E-state index in [-0.39, 0.29) is 5.57 Å². The van der Waals surface area contributed by atoms with Crippen molar-refractivity contribution in [3.05, 3.63) is 111 Å². The molecule has 0 spiro atoms. The van der Waals surface area contributed by atoms with Crippen LogP contribution < -0.4 is 15.0 Å². The minimum Gasteiger partial charge on any atom is -0.487 e. The summed E-state index contributed by atoms with van der Waals surface area (Å²) in [6, 6.07) is 18.0. The second kappa shape index (κ2) is 11.4. The standard InChI is InChI=1S/C30H27BrN2O4/c1-4-7-23-15-22(17-26(31)27(23)37-18-21-9-6-8-19(3)14-21)16-25-28(34)32-30(36)33(29(25)35)24-12-10-20(5-2)11-13-24/h4,6,8-17H,1,5,7,18H2,2-3H3,(H,32,34,36)/b25-16-. The summed E-state index contributed by atoms with van der Waals surface area (Å²) in [6.07, 6.45) is 4.60. The Bertz CT molecular complexity index is 1410. The molecule has 188 valence electrons. The van der Waals surface area contributed by atoms with Crippen molar-refractivity contribution in [1.29, 1.82) is 0 Å². The SMILES string of the molecule is C=CCc1cc(/C=C2/C(=O)NC(=O)N(c3ccc(CC)cc3)C2=O)cc(Br)c1OCc1cccc(C)c1. The number of benzene rings is 3. The van der Waals surface area contributed by atoms with E-state index in [9.17, 15) is 14.4 Å². The van der Waals surface area contributed by atoms with Gasteiger partial charge in [0.1, 0.15) is 17.9 Å². The lowest BCUT2D eigenvalue weighted by Gasteiger charge is -2.26. The molecule has 1 saturated heterocycles. The van der Waals surface area contributed by atoms with Crippen LogP contribution in [0.1, 0.15) is 34.7 Å². The van der Waals surface area contributed by atoms with Crippen LogP contribution in [-0.2, 0) is 29.0 Å². The number of urea groups is 1. The number of amides is 4. The quantitative estimate of drug-likeness (QED) is 0.200. The number of carbonyl (C=O) groups excluding carboxylic acids is 3. The van der Waals surface area contributed by atoms with Crippen molar-refractivity contribution < 1.29 is 19.1 Å². The van der Waals surface area contributed by atoms with E-state index < -0.39 is 17.8 Å². The molecule has 1 aliphatic heterocycles. The van der Waals surface area contributed by atoms with Gasteiger partial charge in [-0.2, -0.15) is 0 Å². The van der Waals surface area contributed by atoms with Crippen LogP contribution in [0.15, 0.2) is 83.4 Å². The number of nitrogens with one attached hydrogen (secondary N) is 1. The zero-order valence-electron chi connectivity index (χ0n) is 20.7. The third-order valence-corrected chi connectivity index (χ3v) is 6.58. The summed E-state index contributed by atoms with van der Waals surface area (Å²) < 4.78 is 6.82. The number of imide groups is 2. The Morgan fingerprint density at radius 1 is 1.03 bits per heavy atom. The number of carbonyl (C=O) groups is 3. The highest BCUT2D eigenvalue weighted by atomic mass is 79.9. The van der Waals surface area contributed by atoms with Crippen molar-refractivity contribution in [2.45, 2.75) is 33.3 Å². The van der Waals surface area contributed by atoms with Gasteiger partial charge in [-0.15, -0.1) is 6.58 Å². The van der Waals surface area contributed by atoms with Crippen LogP contribution in [0, 0.1) is 6.92 Å². The molecule has 0 saturated carbocycles. The topological polar surface area (TPSA) is 75.7 Å². The molecule has 1 N–H and O–H groups in total. The molecule has 7 heteroatoms. The van der Waals surface area contributed by atoms with Gasteiger partial charge in [0.15, 0.2) is 0 Å². The van der Waals surface area contributed by atoms with Crippen molar-refractivity contribution in [2.24, 2.45) is 0 Å². The predicted octanol–water partition coefficient (Wildman–Crippen LogP) is 6.29. The van der Waals surface area contributed by atoms with Gasteiger partial charge in [-0.05, 0) is 88.3 Å². The fourth-order valence-electron chi connectivity index (χ4n) is 4.12. The van der Waals surface area contributed by atoms with Gasteiger partial charge in [-0.1, -0.05) is 55.0 Å². The first-order valence-electron chi connectivity index (χ1n) is 11.9. The van der Waals surface area contributed by atoms with Crippen molar-refractivity contribution in [1.82, 2.24) is 5.32 Å². The van der Waals surface area contributed by atoms with Gasteiger partial charge < -0.3 is 4.74 Å². The van der Waals surface area contributed by atoms with Gasteiger partial charge in [0.25, 0.3) is 11.8 Å². The predicted molar refractivity (Wildman–Crippen MR) is 148 cm³/mol. The maximum absolute atomic E-state index is 13.3. The molecule has 4 amide bonds.